The van der Waals surface area contributed by atoms with Gasteiger partial charge in [0.05, 0.1) is 0 Å². The lowest BCUT2D eigenvalue weighted by Crippen LogP contribution is -2.49. The van der Waals surface area contributed by atoms with Crippen LogP contribution in [0.1, 0.15) is 0 Å². The Balaban J connectivity index is 2.56. The van der Waals surface area contributed by atoms with E-state index in [-0.39, 0.29) is 5.96 Å². The smallest absolute Gasteiger partial charge is 0.366 e. The van der Waals surface area contributed by atoms with Gasteiger partial charge in [-0.05, 0) is 0 Å². The molecule has 0 radical (unpaired) electrons. The molecule has 0 unspecified atom stereocenters. The maximum absolute atomic E-state index is 10.1. The van der Waals surface area contributed by atoms with Gasteiger partial charge in [0.1, 0.15) is 0 Å². The van der Waals surface area contributed by atoms with Crippen molar-refractivity contribution >= 4 is 16.4 Å². The van der Waals surface area contributed by atoms with Gasteiger partial charge in [-0.3, -0.25) is 4.99 Å². The monoisotopic (exact) mass is 167 g/mol. The van der Waals surface area contributed by atoms with Gasteiger partial charge in [0.2, 0.25) is 5.96 Å². The Kier molecular flexibility index (Phi) is 1.50. The number of hydrogen-bond acceptors (Lipinski definition) is 5. The van der Waals surface area contributed by atoms with Crippen LogP contribution in [0, 0.1) is 0 Å². The van der Waals surface area contributed by atoms with Crippen LogP contribution in [-0.2, 0) is 19.0 Å². The van der Waals surface area contributed by atoms with Crippen molar-refractivity contribution < 1.29 is 17.0 Å². The standard InChI is InChI=1S/C2H5N3O4S/c1-4-2(3)5-8-10(6,7)9-5/h1H3,(H2,3,4). The Labute approximate surface area is 57.3 Å². The van der Waals surface area contributed by atoms with Crippen LogP contribution >= 0.6 is 0 Å². The number of aliphatic imine (C=N–C) groups is 1. The lowest BCUT2D eigenvalue weighted by molar-refractivity contribution is -0.269. The summed E-state index contributed by atoms with van der Waals surface area (Å²) < 4.78 is 28.3. The number of hydrogen-bond donors (Lipinski definition) is 1. The first kappa shape index (κ1) is 7.25. The molecule has 1 rings (SSSR count). The zero-order chi connectivity index (χ0) is 7.78. The van der Waals surface area contributed by atoms with Gasteiger partial charge >= 0.3 is 10.4 Å². The summed E-state index contributed by atoms with van der Waals surface area (Å²) in [4.78, 5) is 3.38. The van der Waals surface area contributed by atoms with Gasteiger partial charge in [-0.15, -0.1) is 0 Å². The van der Waals surface area contributed by atoms with Gasteiger partial charge < -0.3 is 5.73 Å². The molecule has 1 aliphatic rings. The lowest BCUT2D eigenvalue weighted by atomic mass is 11.0. The summed E-state index contributed by atoms with van der Waals surface area (Å²) in [6.07, 6.45) is 0. The van der Waals surface area contributed by atoms with Gasteiger partial charge in [0, 0.05) is 7.05 Å². The van der Waals surface area contributed by atoms with Gasteiger partial charge in [-0.1, -0.05) is 13.8 Å². The first-order chi connectivity index (χ1) is 4.55. The molecule has 0 amide bonds. The van der Waals surface area contributed by atoms with E-state index < -0.39 is 10.4 Å². The molecule has 2 N–H and O–H groups in total. The summed E-state index contributed by atoms with van der Waals surface area (Å²) >= 11 is 0. The molecule has 0 spiro atoms. The Morgan fingerprint density at radius 1 is 1.60 bits per heavy atom. The van der Waals surface area contributed by atoms with E-state index in [1.165, 1.54) is 7.05 Å². The average molecular weight is 167 g/mol. The maximum atomic E-state index is 10.1. The highest BCUT2D eigenvalue weighted by atomic mass is 32.3. The van der Waals surface area contributed by atoms with E-state index in [1.54, 1.807) is 0 Å². The van der Waals surface area contributed by atoms with Gasteiger partial charge in [-0.2, -0.15) is 8.42 Å². The van der Waals surface area contributed by atoms with Crippen LogP contribution in [-0.4, -0.2) is 26.7 Å². The third-order valence-electron chi connectivity index (χ3n) is 0.734. The first-order valence-corrected chi connectivity index (χ1v) is 3.55. The van der Waals surface area contributed by atoms with E-state index in [9.17, 15) is 8.42 Å². The molecule has 0 saturated carbocycles. The van der Waals surface area contributed by atoms with Crippen molar-refractivity contribution in [3.05, 3.63) is 0 Å². The van der Waals surface area contributed by atoms with Gasteiger partial charge in [-0.25, -0.2) is 0 Å². The van der Waals surface area contributed by atoms with E-state index in [0.717, 1.165) is 0 Å². The van der Waals surface area contributed by atoms with Crippen LogP contribution in [0.15, 0.2) is 4.99 Å². The van der Waals surface area contributed by atoms with Crippen molar-refractivity contribution in [2.75, 3.05) is 7.05 Å². The third kappa shape index (κ3) is 1.17. The number of guanidine groups is 1. The molecule has 1 heterocycles. The molecule has 10 heavy (non-hydrogen) atoms. The van der Waals surface area contributed by atoms with Crippen LogP contribution < -0.4 is 5.73 Å². The Morgan fingerprint density at radius 3 is 2.40 bits per heavy atom. The quantitative estimate of drug-likeness (QED) is 0.343. The van der Waals surface area contributed by atoms with Crippen molar-refractivity contribution in [3.63, 3.8) is 0 Å². The van der Waals surface area contributed by atoms with E-state index in [0.29, 0.717) is 5.23 Å². The Hall–Kier alpha value is -0.860. The molecule has 1 aliphatic heterocycles. The van der Waals surface area contributed by atoms with E-state index in [2.05, 4.69) is 13.6 Å². The van der Waals surface area contributed by atoms with Crippen molar-refractivity contribution in [2.45, 2.75) is 0 Å². The second-order valence-corrected chi connectivity index (χ2v) is 2.51. The largest absolute Gasteiger partial charge is 0.446 e. The summed E-state index contributed by atoms with van der Waals surface area (Å²) in [5.41, 5.74) is 5.06. The summed E-state index contributed by atoms with van der Waals surface area (Å²) in [6.45, 7) is 0. The zero-order valence-electron chi connectivity index (χ0n) is 5.01. The highest BCUT2D eigenvalue weighted by Crippen LogP contribution is 2.14. The van der Waals surface area contributed by atoms with Crippen LogP contribution in [0.2, 0.25) is 0 Å². The van der Waals surface area contributed by atoms with E-state index in [4.69, 9.17) is 5.73 Å². The zero-order valence-corrected chi connectivity index (χ0v) is 5.83. The van der Waals surface area contributed by atoms with Crippen molar-refractivity contribution in [1.29, 1.82) is 0 Å². The Morgan fingerprint density at radius 2 is 2.10 bits per heavy atom. The van der Waals surface area contributed by atoms with E-state index >= 15 is 0 Å². The molecule has 1 fully saturated rings. The lowest BCUT2D eigenvalue weighted by Gasteiger charge is -2.25. The fourth-order valence-electron chi connectivity index (χ4n) is 0.329. The molecule has 0 atom stereocenters. The summed E-state index contributed by atoms with van der Waals surface area (Å²) in [5.74, 6) is -0.158. The Bertz CT molecular complexity index is 244. The fourth-order valence-corrected chi connectivity index (χ4v) is 0.825. The molecule has 0 bridgehead atoms. The molecule has 1 saturated heterocycles. The molecule has 0 aliphatic carbocycles. The minimum atomic E-state index is -3.82. The molecule has 8 heteroatoms. The maximum Gasteiger partial charge on any atom is 0.446 e. The number of nitrogens with zero attached hydrogens (tertiary/aromatic N) is 2. The molecular weight excluding hydrogens is 162 g/mol. The number of hydroxylamine groups is 2. The van der Waals surface area contributed by atoms with Crippen LogP contribution in [0.25, 0.3) is 0 Å². The van der Waals surface area contributed by atoms with Crippen LogP contribution in [0.3, 0.4) is 0 Å². The predicted molar refractivity (Wildman–Crippen MR) is 30.5 cm³/mol. The highest BCUT2D eigenvalue weighted by Gasteiger charge is 2.37. The summed E-state index contributed by atoms with van der Waals surface area (Å²) in [7, 11) is -2.45. The second-order valence-electron chi connectivity index (χ2n) is 1.40. The molecule has 7 nitrogen and oxygen atoms in total. The minimum absolute atomic E-state index is 0.158. The molecule has 0 aromatic rings. The van der Waals surface area contributed by atoms with Crippen LogP contribution in [0.5, 0.6) is 0 Å². The number of nitrogens with two attached hydrogens (primary N) is 1. The van der Waals surface area contributed by atoms with Crippen LogP contribution in [0.4, 0.5) is 0 Å². The second kappa shape index (κ2) is 2.08. The minimum Gasteiger partial charge on any atom is -0.366 e. The third-order valence-corrected chi connectivity index (χ3v) is 1.37. The SMILES string of the molecule is CN=C(N)N1OS(=O)(=O)O1. The normalized spacial score (nSPS) is 24.1. The summed E-state index contributed by atoms with van der Waals surface area (Å²) in [6, 6.07) is 0. The molecule has 0 aromatic carbocycles. The molecule has 58 valence electrons. The van der Waals surface area contributed by atoms with Gasteiger partial charge in [0.15, 0.2) is 0 Å². The summed E-state index contributed by atoms with van der Waals surface area (Å²) in [5, 5.41) is 0.495. The van der Waals surface area contributed by atoms with Gasteiger partial charge in [0.25, 0.3) is 0 Å². The number of rotatable bonds is 0. The van der Waals surface area contributed by atoms with Crippen molar-refractivity contribution in [2.24, 2.45) is 10.7 Å². The van der Waals surface area contributed by atoms with E-state index in [1.807, 2.05) is 0 Å². The average Bonchev–Trinajstić information content (AvgIpc) is 1.81. The first-order valence-electron chi connectivity index (χ1n) is 2.21. The fraction of sp³-hybridized carbons (Fsp3) is 0.500. The highest BCUT2D eigenvalue weighted by molar-refractivity contribution is 7.82. The predicted octanol–water partition coefficient (Wildman–Crippen LogP) is -1.65. The van der Waals surface area contributed by atoms with Crippen molar-refractivity contribution in [1.82, 2.24) is 5.23 Å². The molecule has 0 aromatic heterocycles. The molecular formula is C2H5N3O4S. The topological polar surface area (TPSA) is 94.2 Å². The van der Waals surface area contributed by atoms with Crippen molar-refractivity contribution in [3.8, 4) is 0 Å².